The second-order valence-electron chi connectivity index (χ2n) is 6.72. The molecule has 1 aromatic heterocycles. The Hall–Kier alpha value is -3.00. The molecule has 0 saturated heterocycles. The van der Waals surface area contributed by atoms with E-state index in [0.717, 1.165) is 10.2 Å². The van der Waals surface area contributed by atoms with Crippen molar-refractivity contribution in [1.29, 1.82) is 0 Å². The molecular formula is C20H16ClF3N4O. The summed E-state index contributed by atoms with van der Waals surface area (Å²) >= 11 is 5.89. The number of hydrogen-bond acceptors (Lipinski definition) is 3. The molecule has 0 saturated carbocycles. The topological polar surface area (TPSA) is 59.0 Å². The Kier molecular flexibility index (Phi) is 4.96. The first kappa shape index (κ1) is 19.3. The van der Waals surface area contributed by atoms with Crippen molar-refractivity contribution in [1.82, 2.24) is 9.78 Å². The van der Waals surface area contributed by atoms with Crippen LogP contribution in [0, 0.1) is 0 Å². The van der Waals surface area contributed by atoms with Crippen LogP contribution >= 0.6 is 11.6 Å². The Morgan fingerprint density at radius 1 is 1.14 bits per heavy atom. The van der Waals surface area contributed by atoms with Crippen LogP contribution in [0.5, 0.6) is 0 Å². The van der Waals surface area contributed by atoms with E-state index in [4.69, 9.17) is 11.6 Å². The Morgan fingerprint density at radius 3 is 2.59 bits per heavy atom. The van der Waals surface area contributed by atoms with Gasteiger partial charge < -0.3 is 10.6 Å². The van der Waals surface area contributed by atoms with Gasteiger partial charge in [-0.25, -0.2) is 4.68 Å². The number of halogens is 4. The molecule has 29 heavy (non-hydrogen) atoms. The fraction of sp³-hybridized carbons (Fsp3) is 0.200. The number of hydrogen-bond donors (Lipinski definition) is 2. The van der Waals surface area contributed by atoms with Crippen LogP contribution in [0.1, 0.15) is 34.6 Å². The first-order valence-electron chi connectivity index (χ1n) is 8.86. The fourth-order valence-corrected chi connectivity index (χ4v) is 3.54. The molecule has 1 amide bonds. The van der Waals surface area contributed by atoms with Gasteiger partial charge >= 0.3 is 6.18 Å². The maximum atomic E-state index is 13.7. The van der Waals surface area contributed by atoms with Crippen molar-refractivity contribution in [3.63, 3.8) is 0 Å². The maximum Gasteiger partial charge on any atom is 0.410 e. The highest BCUT2D eigenvalue weighted by atomic mass is 35.5. The highest BCUT2D eigenvalue weighted by Gasteiger charge is 2.46. The maximum absolute atomic E-state index is 13.7. The molecule has 2 aromatic carbocycles. The minimum Gasteiger partial charge on any atom is -0.363 e. The second-order valence-corrected chi connectivity index (χ2v) is 7.16. The second kappa shape index (κ2) is 7.44. The van der Waals surface area contributed by atoms with Crippen molar-refractivity contribution in [2.75, 3.05) is 10.6 Å². The highest BCUT2D eigenvalue weighted by molar-refractivity contribution is 6.30. The Balaban J connectivity index is 1.64. The summed E-state index contributed by atoms with van der Waals surface area (Å²) in [5.41, 5.74) is 1.05. The molecule has 0 fully saturated rings. The summed E-state index contributed by atoms with van der Waals surface area (Å²) in [4.78, 5) is 12.5. The lowest BCUT2D eigenvalue weighted by atomic mass is 9.97. The van der Waals surface area contributed by atoms with Crippen LogP contribution in [0.2, 0.25) is 5.02 Å². The van der Waals surface area contributed by atoms with Crippen LogP contribution in [0.25, 0.3) is 0 Å². The number of benzene rings is 2. The summed E-state index contributed by atoms with van der Waals surface area (Å²) in [6, 6.07) is 14.3. The Morgan fingerprint density at radius 2 is 1.90 bits per heavy atom. The van der Waals surface area contributed by atoms with Gasteiger partial charge in [-0.15, -0.1) is 0 Å². The number of alkyl halides is 3. The monoisotopic (exact) mass is 420 g/mol. The van der Waals surface area contributed by atoms with E-state index < -0.39 is 24.2 Å². The predicted octanol–water partition coefficient (Wildman–Crippen LogP) is 5.45. The molecule has 150 valence electrons. The standard InChI is InChI=1S/C20H16ClF3N4O/c21-13-7-4-8-14(9-13)25-19(29)16-11-18-26-15(12-5-2-1-3-6-12)10-17(20(22,23)24)28(18)27-16/h1-9,11,15,17,26H,10H2,(H,25,29). The molecular weight excluding hydrogens is 405 g/mol. The average molecular weight is 421 g/mol. The lowest BCUT2D eigenvalue weighted by Crippen LogP contribution is -2.35. The first-order chi connectivity index (χ1) is 13.8. The van der Waals surface area contributed by atoms with Gasteiger partial charge in [-0.05, 0) is 23.8 Å². The summed E-state index contributed by atoms with van der Waals surface area (Å²) in [5, 5.41) is 10.0. The van der Waals surface area contributed by atoms with Gasteiger partial charge in [0.2, 0.25) is 0 Å². The number of carbonyl (C=O) groups is 1. The molecule has 2 atom stereocenters. The van der Waals surface area contributed by atoms with E-state index in [1.807, 2.05) is 0 Å². The van der Waals surface area contributed by atoms with Crippen LogP contribution in [0.15, 0.2) is 60.7 Å². The summed E-state index contributed by atoms with van der Waals surface area (Å²) < 4.78 is 42.0. The average Bonchev–Trinajstić information content (AvgIpc) is 3.11. The number of fused-ring (bicyclic) bond motifs is 1. The van der Waals surface area contributed by atoms with Gasteiger partial charge in [0.25, 0.3) is 5.91 Å². The van der Waals surface area contributed by atoms with Gasteiger partial charge in [0.15, 0.2) is 11.7 Å². The van der Waals surface area contributed by atoms with Gasteiger partial charge in [-0.2, -0.15) is 18.3 Å². The van der Waals surface area contributed by atoms with E-state index in [-0.39, 0.29) is 17.9 Å². The zero-order valence-corrected chi connectivity index (χ0v) is 15.7. The Labute approximate surface area is 169 Å². The molecule has 1 aliphatic heterocycles. The van der Waals surface area contributed by atoms with Crippen molar-refractivity contribution in [3.05, 3.63) is 76.9 Å². The molecule has 4 rings (SSSR count). The third-order valence-corrected chi connectivity index (χ3v) is 4.94. The van der Waals surface area contributed by atoms with Gasteiger partial charge in [-0.1, -0.05) is 48.0 Å². The van der Waals surface area contributed by atoms with Gasteiger partial charge in [0, 0.05) is 23.2 Å². The van der Waals surface area contributed by atoms with Crippen molar-refractivity contribution >= 4 is 29.0 Å². The molecule has 5 nitrogen and oxygen atoms in total. The zero-order chi connectivity index (χ0) is 20.6. The van der Waals surface area contributed by atoms with Crippen molar-refractivity contribution in [2.24, 2.45) is 0 Å². The lowest BCUT2D eigenvalue weighted by molar-refractivity contribution is -0.173. The molecule has 2 unspecified atom stereocenters. The molecule has 0 aliphatic carbocycles. The van der Waals surface area contributed by atoms with Crippen molar-refractivity contribution < 1.29 is 18.0 Å². The molecule has 9 heteroatoms. The molecule has 2 N–H and O–H groups in total. The van der Waals surface area contributed by atoms with Gasteiger partial charge in [-0.3, -0.25) is 4.79 Å². The SMILES string of the molecule is O=C(Nc1cccc(Cl)c1)c1cc2n(n1)C(C(F)(F)F)CC(c1ccccc1)N2. The Bertz CT molecular complexity index is 1040. The summed E-state index contributed by atoms with van der Waals surface area (Å²) in [5.74, 6) is -0.475. The highest BCUT2D eigenvalue weighted by Crippen LogP contribution is 2.43. The van der Waals surface area contributed by atoms with Crippen molar-refractivity contribution in [3.8, 4) is 0 Å². The molecule has 0 spiro atoms. The number of anilines is 2. The van der Waals surface area contributed by atoms with Crippen LogP contribution < -0.4 is 10.6 Å². The van der Waals surface area contributed by atoms with E-state index >= 15 is 0 Å². The van der Waals surface area contributed by atoms with E-state index in [1.165, 1.54) is 12.1 Å². The normalized spacial score (nSPS) is 18.6. The zero-order valence-electron chi connectivity index (χ0n) is 14.9. The summed E-state index contributed by atoms with van der Waals surface area (Å²) in [7, 11) is 0. The number of rotatable bonds is 3. The fourth-order valence-electron chi connectivity index (χ4n) is 3.35. The first-order valence-corrected chi connectivity index (χ1v) is 9.24. The van der Waals surface area contributed by atoms with Crippen molar-refractivity contribution in [2.45, 2.75) is 24.7 Å². The predicted molar refractivity (Wildman–Crippen MR) is 104 cm³/mol. The van der Waals surface area contributed by atoms with E-state index in [0.29, 0.717) is 10.7 Å². The van der Waals surface area contributed by atoms with E-state index in [9.17, 15) is 18.0 Å². The molecule has 0 radical (unpaired) electrons. The summed E-state index contributed by atoms with van der Waals surface area (Å²) in [6.45, 7) is 0. The number of nitrogens with zero attached hydrogens (tertiary/aromatic N) is 2. The number of amides is 1. The lowest BCUT2D eigenvalue weighted by Gasteiger charge is -2.33. The van der Waals surface area contributed by atoms with E-state index in [1.54, 1.807) is 48.5 Å². The van der Waals surface area contributed by atoms with Crippen LogP contribution in [0.4, 0.5) is 24.7 Å². The summed E-state index contributed by atoms with van der Waals surface area (Å²) in [6.07, 6.45) is -4.73. The molecule has 2 heterocycles. The smallest absolute Gasteiger partial charge is 0.363 e. The quantitative estimate of drug-likeness (QED) is 0.592. The minimum atomic E-state index is -4.50. The van der Waals surface area contributed by atoms with Crippen LogP contribution in [-0.2, 0) is 0 Å². The minimum absolute atomic E-state index is 0.115. The number of nitrogens with one attached hydrogen (secondary N) is 2. The number of carbonyl (C=O) groups excluding carboxylic acids is 1. The largest absolute Gasteiger partial charge is 0.410 e. The molecule has 3 aromatic rings. The van der Waals surface area contributed by atoms with Crippen LogP contribution in [0.3, 0.4) is 0 Å². The van der Waals surface area contributed by atoms with Gasteiger partial charge in [0.1, 0.15) is 5.82 Å². The third kappa shape index (κ3) is 4.07. The number of aromatic nitrogens is 2. The third-order valence-electron chi connectivity index (χ3n) is 4.71. The van der Waals surface area contributed by atoms with Gasteiger partial charge in [0.05, 0.1) is 6.04 Å². The molecule has 0 bridgehead atoms. The van der Waals surface area contributed by atoms with E-state index in [2.05, 4.69) is 15.7 Å². The van der Waals surface area contributed by atoms with Crippen LogP contribution in [-0.4, -0.2) is 21.9 Å². The molecule has 1 aliphatic rings.